The molecule has 4 nitrogen and oxygen atoms in total. The number of amides is 1. The Morgan fingerprint density at radius 3 is 2.65 bits per heavy atom. The molecule has 0 aromatic heterocycles. The molecule has 0 saturated carbocycles. The van der Waals surface area contributed by atoms with Crippen LogP contribution in [-0.2, 0) is 4.79 Å². The number of carbonyl (C=O) groups excluding carboxylic acids is 1. The summed E-state index contributed by atoms with van der Waals surface area (Å²) in [7, 11) is 3.77. The standard InChI is InChI=1S/C13H15N3O/c1-9-6-4-5-7-10(9)12-11(8-16(2)3)13(17)15-14-12/h4-8H,1-3H3,(H,15,17)/b11-8-. The van der Waals surface area contributed by atoms with Crippen molar-refractivity contribution in [3.63, 3.8) is 0 Å². The Labute approximate surface area is 101 Å². The maximum absolute atomic E-state index is 11.7. The van der Waals surface area contributed by atoms with Crippen molar-refractivity contribution in [2.24, 2.45) is 5.10 Å². The molecule has 0 atom stereocenters. The van der Waals surface area contributed by atoms with Gasteiger partial charge in [0.05, 0.1) is 5.57 Å². The molecule has 17 heavy (non-hydrogen) atoms. The quantitative estimate of drug-likeness (QED) is 0.776. The smallest absolute Gasteiger partial charge is 0.275 e. The first-order valence-electron chi connectivity index (χ1n) is 5.42. The van der Waals surface area contributed by atoms with Gasteiger partial charge in [-0.1, -0.05) is 24.3 Å². The van der Waals surface area contributed by atoms with Crippen molar-refractivity contribution in [1.82, 2.24) is 10.3 Å². The first-order valence-corrected chi connectivity index (χ1v) is 5.42. The lowest BCUT2D eigenvalue weighted by atomic mass is 9.99. The van der Waals surface area contributed by atoms with Crippen LogP contribution in [0.3, 0.4) is 0 Å². The molecule has 0 bridgehead atoms. The summed E-state index contributed by atoms with van der Waals surface area (Å²) in [6, 6.07) is 7.89. The minimum atomic E-state index is -0.156. The minimum absolute atomic E-state index is 0.156. The Morgan fingerprint density at radius 2 is 2.00 bits per heavy atom. The van der Waals surface area contributed by atoms with Gasteiger partial charge in [0, 0.05) is 25.9 Å². The largest absolute Gasteiger partial charge is 0.383 e. The molecule has 0 aliphatic carbocycles. The van der Waals surface area contributed by atoms with Gasteiger partial charge < -0.3 is 4.90 Å². The van der Waals surface area contributed by atoms with E-state index in [-0.39, 0.29) is 5.91 Å². The molecule has 0 fully saturated rings. The van der Waals surface area contributed by atoms with Crippen LogP contribution in [0.2, 0.25) is 0 Å². The van der Waals surface area contributed by atoms with Crippen LogP contribution in [0.25, 0.3) is 0 Å². The molecule has 1 aliphatic rings. The highest BCUT2D eigenvalue weighted by Gasteiger charge is 2.24. The number of hydrogen-bond acceptors (Lipinski definition) is 3. The van der Waals surface area contributed by atoms with Crippen LogP contribution in [0.5, 0.6) is 0 Å². The van der Waals surface area contributed by atoms with Crippen LogP contribution < -0.4 is 5.43 Å². The second-order valence-corrected chi connectivity index (χ2v) is 4.22. The van der Waals surface area contributed by atoms with Crippen molar-refractivity contribution in [3.05, 3.63) is 47.2 Å². The molecule has 1 aromatic rings. The van der Waals surface area contributed by atoms with Gasteiger partial charge in [-0.25, -0.2) is 5.43 Å². The second kappa shape index (κ2) is 4.41. The Kier molecular flexibility index (Phi) is 2.95. The molecular weight excluding hydrogens is 214 g/mol. The Morgan fingerprint density at radius 1 is 1.29 bits per heavy atom. The van der Waals surface area contributed by atoms with Crippen LogP contribution in [0.4, 0.5) is 0 Å². The zero-order valence-corrected chi connectivity index (χ0v) is 10.2. The molecular formula is C13H15N3O. The monoisotopic (exact) mass is 229 g/mol. The average Bonchev–Trinajstić information content (AvgIpc) is 2.61. The number of nitrogens with one attached hydrogen (secondary N) is 1. The molecule has 0 saturated heterocycles. The zero-order chi connectivity index (χ0) is 12.4. The van der Waals surface area contributed by atoms with Crippen LogP contribution in [0.1, 0.15) is 11.1 Å². The normalized spacial score (nSPS) is 17.0. The Hall–Kier alpha value is -2.10. The fourth-order valence-corrected chi connectivity index (χ4v) is 1.76. The summed E-state index contributed by atoms with van der Waals surface area (Å²) in [5.74, 6) is -0.156. The molecule has 0 spiro atoms. The molecule has 2 rings (SSSR count). The second-order valence-electron chi connectivity index (χ2n) is 4.22. The summed E-state index contributed by atoms with van der Waals surface area (Å²) < 4.78 is 0. The molecule has 4 heteroatoms. The van der Waals surface area contributed by atoms with E-state index in [1.807, 2.05) is 50.2 Å². The highest BCUT2D eigenvalue weighted by Crippen LogP contribution is 2.17. The van der Waals surface area contributed by atoms with Crippen molar-refractivity contribution < 1.29 is 4.79 Å². The molecule has 1 heterocycles. The minimum Gasteiger partial charge on any atom is -0.383 e. The lowest BCUT2D eigenvalue weighted by Gasteiger charge is -2.09. The van der Waals surface area contributed by atoms with Gasteiger partial charge in [-0.15, -0.1) is 0 Å². The third-order valence-electron chi connectivity index (χ3n) is 2.56. The van der Waals surface area contributed by atoms with E-state index >= 15 is 0 Å². The lowest BCUT2D eigenvalue weighted by Crippen LogP contribution is -2.17. The average molecular weight is 229 g/mol. The fourth-order valence-electron chi connectivity index (χ4n) is 1.76. The summed E-state index contributed by atoms with van der Waals surface area (Å²) in [6.07, 6.45) is 1.79. The number of aryl methyl sites for hydroxylation is 1. The van der Waals surface area contributed by atoms with Crippen molar-refractivity contribution >= 4 is 11.6 Å². The topological polar surface area (TPSA) is 44.7 Å². The van der Waals surface area contributed by atoms with Gasteiger partial charge in [-0.05, 0) is 12.5 Å². The molecule has 0 radical (unpaired) electrons. The molecule has 0 unspecified atom stereocenters. The predicted octanol–water partition coefficient (Wildman–Crippen LogP) is 1.27. The van der Waals surface area contributed by atoms with E-state index in [1.165, 1.54) is 0 Å². The van der Waals surface area contributed by atoms with E-state index in [9.17, 15) is 4.79 Å². The number of carbonyl (C=O) groups is 1. The number of hydrogen-bond donors (Lipinski definition) is 1. The van der Waals surface area contributed by atoms with E-state index in [0.717, 1.165) is 11.1 Å². The van der Waals surface area contributed by atoms with Crippen LogP contribution in [-0.4, -0.2) is 30.6 Å². The van der Waals surface area contributed by atoms with Gasteiger partial charge in [0.15, 0.2) is 0 Å². The first kappa shape index (κ1) is 11.4. The van der Waals surface area contributed by atoms with Crippen LogP contribution in [0.15, 0.2) is 41.1 Å². The summed E-state index contributed by atoms with van der Waals surface area (Å²) >= 11 is 0. The Bertz CT molecular complexity index is 515. The lowest BCUT2D eigenvalue weighted by molar-refractivity contribution is -0.116. The fraction of sp³-hybridized carbons (Fsp3) is 0.231. The summed E-state index contributed by atoms with van der Waals surface area (Å²) in [6.45, 7) is 2.01. The van der Waals surface area contributed by atoms with Gasteiger partial charge in [0.2, 0.25) is 0 Å². The summed E-state index contributed by atoms with van der Waals surface area (Å²) in [5, 5.41) is 4.10. The summed E-state index contributed by atoms with van der Waals surface area (Å²) in [5.41, 5.74) is 5.91. The number of hydrazone groups is 1. The van der Waals surface area contributed by atoms with Gasteiger partial charge in [-0.2, -0.15) is 5.10 Å². The van der Waals surface area contributed by atoms with Gasteiger partial charge in [-0.3, -0.25) is 4.79 Å². The molecule has 88 valence electrons. The van der Waals surface area contributed by atoms with Crippen molar-refractivity contribution in [1.29, 1.82) is 0 Å². The highest BCUT2D eigenvalue weighted by atomic mass is 16.2. The highest BCUT2D eigenvalue weighted by molar-refractivity contribution is 6.31. The zero-order valence-electron chi connectivity index (χ0n) is 10.2. The third kappa shape index (κ3) is 2.20. The maximum Gasteiger partial charge on any atom is 0.275 e. The van der Waals surface area contributed by atoms with Gasteiger partial charge >= 0.3 is 0 Å². The Balaban J connectivity index is 2.46. The van der Waals surface area contributed by atoms with E-state index in [4.69, 9.17) is 0 Å². The third-order valence-corrected chi connectivity index (χ3v) is 2.56. The van der Waals surface area contributed by atoms with Crippen LogP contribution in [0, 0.1) is 6.92 Å². The maximum atomic E-state index is 11.7. The molecule has 1 aliphatic heterocycles. The molecule has 1 aromatic carbocycles. The van der Waals surface area contributed by atoms with Crippen LogP contribution >= 0.6 is 0 Å². The van der Waals surface area contributed by atoms with E-state index in [0.29, 0.717) is 11.3 Å². The van der Waals surface area contributed by atoms with E-state index in [1.54, 1.807) is 6.20 Å². The molecule has 1 N–H and O–H groups in total. The number of benzene rings is 1. The van der Waals surface area contributed by atoms with E-state index < -0.39 is 0 Å². The van der Waals surface area contributed by atoms with Gasteiger partial charge in [0.1, 0.15) is 5.71 Å². The molecule has 1 amide bonds. The van der Waals surface area contributed by atoms with Crippen molar-refractivity contribution in [2.45, 2.75) is 6.92 Å². The number of nitrogens with zero attached hydrogens (tertiary/aromatic N) is 2. The van der Waals surface area contributed by atoms with E-state index in [2.05, 4.69) is 10.5 Å². The SMILES string of the molecule is Cc1ccccc1C1=NNC(=O)/C1=C\N(C)C. The summed E-state index contributed by atoms with van der Waals surface area (Å²) in [4.78, 5) is 13.5. The van der Waals surface area contributed by atoms with Gasteiger partial charge in [0.25, 0.3) is 5.91 Å². The van der Waals surface area contributed by atoms with Crippen molar-refractivity contribution in [3.8, 4) is 0 Å². The predicted molar refractivity (Wildman–Crippen MR) is 67.6 cm³/mol. The van der Waals surface area contributed by atoms with Crippen molar-refractivity contribution in [2.75, 3.05) is 14.1 Å². The number of rotatable bonds is 2. The first-order chi connectivity index (χ1) is 8.09.